The Morgan fingerprint density at radius 3 is 2.59 bits per heavy atom. The Morgan fingerprint density at radius 1 is 1.23 bits per heavy atom. The molecule has 2 aliphatic rings. The highest BCUT2D eigenvalue weighted by Crippen LogP contribution is 2.25. The lowest BCUT2D eigenvalue weighted by Gasteiger charge is -2.39. The normalized spacial score (nSPS) is 26.4. The number of piperazine rings is 1. The molecular weight excluding hydrogens is 307 g/mol. The molecule has 2 atom stereocenters. The summed E-state index contributed by atoms with van der Waals surface area (Å²) >= 11 is 5.85. The molecular formula is C16H20ClFN2O2. The summed E-state index contributed by atoms with van der Waals surface area (Å²) < 4.78 is 13.8. The minimum atomic E-state index is -0.539. The van der Waals surface area contributed by atoms with Gasteiger partial charge in [-0.3, -0.25) is 9.69 Å². The Labute approximate surface area is 134 Å². The highest BCUT2D eigenvalue weighted by Gasteiger charge is 2.33. The molecule has 1 saturated carbocycles. The van der Waals surface area contributed by atoms with Crippen molar-refractivity contribution in [1.82, 2.24) is 9.80 Å². The number of aliphatic hydroxyl groups excluding tert-OH is 1. The maximum atomic E-state index is 13.8. The third-order valence-electron chi connectivity index (χ3n) is 4.67. The molecule has 1 N–H and O–H groups in total. The van der Waals surface area contributed by atoms with Gasteiger partial charge in [-0.15, -0.1) is 0 Å². The number of hydrogen-bond donors (Lipinski definition) is 1. The Morgan fingerprint density at radius 2 is 1.95 bits per heavy atom. The van der Waals surface area contributed by atoms with Crippen LogP contribution in [0.3, 0.4) is 0 Å². The number of aliphatic hydroxyl groups is 1. The van der Waals surface area contributed by atoms with Crippen LogP contribution in [0.15, 0.2) is 18.2 Å². The highest BCUT2D eigenvalue weighted by molar-refractivity contribution is 6.31. The standard InChI is InChI=1S/C16H20ClFN2O2/c17-11-4-5-13(18)12(10-11)16(22)20-8-6-19(7-9-20)14-2-1-3-15(14)21/h4-5,10,14-15,21H,1-3,6-9H2/t14-,15-/m0/s1. The quantitative estimate of drug-likeness (QED) is 0.905. The van der Waals surface area contributed by atoms with E-state index in [1.165, 1.54) is 18.2 Å². The van der Waals surface area contributed by atoms with E-state index in [1.807, 2.05) is 0 Å². The van der Waals surface area contributed by atoms with E-state index in [0.717, 1.165) is 32.4 Å². The summed E-state index contributed by atoms with van der Waals surface area (Å²) in [7, 11) is 0. The van der Waals surface area contributed by atoms with E-state index < -0.39 is 5.82 Å². The summed E-state index contributed by atoms with van der Waals surface area (Å²) in [6, 6.07) is 4.25. The molecule has 120 valence electrons. The van der Waals surface area contributed by atoms with Gasteiger partial charge in [-0.1, -0.05) is 11.6 Å². The van der Waals surface area contributed by atoms with Gasteiger partial charge in [0.25, 0.3) is 5.91 Å². The minimum Gasteiger partial charge on any atom is -0.391 e. The second-order valence-electron chi connectivity index (χ2n) is 6.02. The van der Waals surface area contributed by atoms with Crippen LogP contribution in [0.1, 0.15) is 29.6 Å². The van der Waals surface area contributed by atoms with Crippen molar-refractivity contribution in [2.45, 2.75) is 31.4 Å². The second kappa shape index (κ2) is 6.52. The number of amides is 1. The molecule has 1 amide bonds. The third-order valence-corrected chi connectivity index (χ3v) is 4.91. The van der Waals surface area contributed by atoms with Gasteiger partial charge in [-0.25, -0.2) is 4.39 Å². The molecule has 2 fully saturated rings. The van der Waals surface area contributed by atoms with Crippen LogP contribution >= 0.6 is 11.6 Å². The minimum absolute atomic E-state index is 0.0295. The number of benzene rings is 1. The van der Waals surface area contributed by atoms with Crippen LogP contribution in [0.5, 0.6) is 0 Å². The predicted molar refractivity (Wildman–Crippen MR) is 82.5 cm³/mol. The van der Waals surface area contributed by atoms with Crippen molar-refractivity contribution in [2.24, 2.45) is 0 Å². The fourth-order valence-electron chi connectivity index (χ4n) is 3.44. The number of halogens is 2. The SMILES string of the molecule is O=C(c1cc(Cl)ccc1F)N1CCN([C@H]2CCC[C@@H]2O)CC1. The lowest BCUT2D eigenvalue weighted by Crippen LogP contribution is -2.53. The number of carbonyl (C=O) groups is 1. The summed E-state index contributed by atoms with van der Waals surface area (Å²) in [5.74, 6) is -0.852. The van der Waals surface area contributed by atoms with Gasteiger partial charge < -0.3 is 10.0 Å². The van der Waals surface area contributed by atoms with E-state index in [4.69, 9.17) is 11.6 Å². The summed E-state index contributed by atoms with van der Waals surface area (Å²) in [6.07, 6.45) is 2.67. The van der Waals surface area contributed by atoms with Crippen LogP contribution < -0.4 is 0 Å². The average Bonchev–Trinajstić information content (AvgIpc) is 2.95. The Hall–Kier alpha value is -1.17. The molecule has 1 aliphatic heterocycles. The maximum Gasteiger partial charge on any atom is 0.256 e. The van der Waals surface area contributed by atoms with Crippen LogP contribution in [-0.2, 0) is 0 Å². The van der Waals surface area contributed by atoms with Gasteiger partial charge in [0.1, 0.15) is 5.82 Å². The second-order valence-corrected chi connectivity index (χ2v) is 6.45. The topological polar surface area (TPSA) is 43.8 Å². The molecule has 22 heavy (non-hydrogen) atoms. The van der Waals surface area contributed by atoms with E-state index >= 15 is 0 Å². The smallest absolute Gasteiger partial charge is 0.256 e. The van der Waals surface area contributed by atoms with Crippen LogP contribution in [0, 0.1) is 5.82 Å². The first-order valence-corrected chi connectivity index (χ1v) is 8.10. The highest BCUT2D eigenvalue weighted by atomic mass is 35.5. The maximum absolute atomic E-state index is 13.8. The summed E-state index contributed by atoms with van der Waals surface area (Å²) in [5, 5.41) is 10.3. The van der Waals surface area contributed by atoms with Crippen LogP contribution in [-0.4, -0.2) is 59.1 Å². The molecule has 0 spiro atoms. The lowest BCUT2D eigenvalue weighted by molar-refractivity contribution is 0.0313. The van der Waals surface area contributed by atoms with E-state index in [2.05, 4.69) is 4.90 Å². The molecule has 3 rings (SSSR count). The van der Waals surface area contributed by atoms with Crippen molar-refractivity contribution in [3.63, 3.8) is 0 Å². The van der Waals surface area contributed by atoms with Crippen molar-refractivity contribution in [3.05, 3.63) is 34.6 Å². The molecule has 0 bridgehead atoms. The van der Waals surface area contributed by atoms with Gasteiger partial charge in [-0.05, 0) is 37.5 Å². The molecule has 1 heterocycles. The number of carbonyl (C=O) groups excluding carboxylic acids is 1. The summed E-state index contributed by atoms with van der Waals surface area (Å²) in [5.41, 5.74) is 0.0295. The molecule has 1 saturated heterocycles. The zero-order valence-corrected chi connectivity index (χ0v) is 13.1. The van der Waals surface area contributed by atoms with Gasteiger partial charge in [0.05, 0.1) is 11.7 Å². The van der Waals surface area contributed by atoms with E-state index in [-0.39, 0.29) is 23.6 Å². The van der Waals surface area contributed by atoms with Gasteiger partial charge in [0.2, 0.25) is 0 Å². The summed E-state index contributed by atoms with van der Waals surface area (Å²) in [6.45, 7) is 2.54. The number of hydrogen-bond acceptors (Lipinski definition) is 3. The molecule has 0 radical (unpaired) electrons. The lowest BCUT2D eigenvalue weighted by atomic mass is 10.1. The average molecular weight is 327 g/mol. The van der Waals surface area contributed by atoms with Gasteiger partial charge >= 0.3 is 0 Å². The van der Waals surface area contributed by atoms with Crippen molar-refractivity contribution in [3.8, 4) is 0 Å². The van der Waals surface area contributed by atoms with Crippen molar-refractivity contribution in [2.75, 3.05) is 26.2 Å². The van der Waals surface area contributed by atoms with Crippen LogP contribution in [0.4, 0.5) is 4.39 Å². The van der Waals surface area contributed by atoms with Crippen LogP contribution in [0.25, 0.3) is 0 Å². The zero-order chi connectivity index (χ0) is 15.7. The molecule has 0 unspecified atom stereocenters. The van der Waals surface area contributed by atoms with Crippen molar-refractivity contribution in [1.29, 1.82) is 0 Å². The van der Waals surface area contributed by atoms with Crippen molar-refractivity contribution < 1.29 is 14.3 Å². The Kier molecular flexibility index (Phi) is 4.66. The van der Waals surface area contributed by atoms with Gasteiger partial charge in [-0.2, -0.15) is 0 Å². The predicted octanol–water partition coefficient (Wildman–Crippen LogP) is 2.15. The molecule has 1 aromatic carbocycles. The van der Waals surface area contributed by atoms with E-state index in [0.29, 0.717) is 18.1 Å². The molecule has 6 heteroatoms. The number of rotatable bonds is 2. The van der Waals surface area contributed by atoms with E-state index in [1.54, 1.807) is 4.90 Å². The molecule has 0 aromatic heterocycles. The fraction of sp³-hybridized carbons (Fsp3) is 0.562. The summed E-state index contributed by atoms with van der Waals surface area (Å²) in [4.78, 5) is 16.3. The largest absolute Gasteiger partial charge is 0.391 e. The number of nitrogens with zero attached hydrogens (tertiary/aromatic N) is 2. The first-order valence-electron chi connectivity index (χ1n) is 7.72. The first kappa shape index (κ1) is 15.7. The molecule has 1 aliphatic carbocycles. The van der Waals surface area contributed by atoms with Crippen molar-refractivity contribution >= 4 is 17.5 Å². The third kappa shape index (κ3) is 3.12. The van der Waals surface area contributed by atoms with E-state index in [9.17, 15) is 14.3 Å². The van der Waals surface area contributed by atoms with Gasteiger partial charge in [0.15, 0.2) is 0 Å². The fourth-order valence-corrected chi connectivity index (χ4v) is 3.61. The van der Waals surface area contributed by atoms with Crippen LogP contribution in [0.2, 0.25) is 5.02 Å². The Bertz CT molecular complexity index is 561. The monoisotopic (exact) mass is 326 g/mol. The first-order chi connectivity index (χ1) is 10.6. The molecule has 4 nitrogen and oxygen atoms in total. The zero-order valence-electron chi connectivity index (χ0n) is 12.3. The molecule has 1 aromatic rings. The van der Waals surface area contributed by atoms with Gasteiger partial charge in [0, 0.05) is 37.2 Å². The Balaban J connectivity index is 1.63.